The Morgan fingerprint density at radius 2 is 1.85 bits per heavy atom. The summed E-state index contributed by atoms with van der Waals surface area (Å²) < 4.78 is 65.7. The Morgan fingerprint density at radius 1 is 1.13 bits per heavy atom. The number of benzene rings is 3. The molecule has 1 amide bonds. The molecular weight excluding hydrogens is 664 g/mol. The Hall–Kier alpha value is -3.04. The zero-order valence-corrected chi connectivity index (χ0v) is 24.0. The van der Waals surface area contributed by atoms with Gasteiger partial charge >= 0.3 is 6.18 Å². The molecule has 0 fully saturated rings. The lowest BCUT2D eigenvalue weighted by atomic mass is 9.99. The Balaban J connectivity index is 1.38. The predicted molar refractivity (Wildman–Crippen MR) is 155 cm³/mol. The van der Waals surface area contributed by atoms with Gasteiger partial charge in [0.1, 0.15) is 5.71 Å². The number of carbonyl (C=O) groups is 1. The average Bonchev–Trinajstić information content (AvgIpc) is 3.52. The van der Waals surface area contributed by atoms with Crippen molar-refractivity contribution in [2.24, 2.45) is 5.10 Å². The van der Waals surface area contributed by atoms with Crippen molar-refractivity contribution >= 4 is 76.4 Å². The molecule has 13 heteroatoms. The van der Waals surface area contributed by atoms with Gasteiger partial charge < -0.3 is 0 Å². The quantitative estimate of drug-likeness (QED) is 0.179. The van der Waals surface area contributed by atoms with Crippen molar-refractivity contribution in [3.05, 3.63) is 83.4 Å². The number of nitrogens with zero attached hydrogens (tertiary/aromatic N) is 3. The van der Waals surface area contributed by atoms with E-state index in [4.69, 9.17) is 0 Å². The summed E-state index contributed by atoms with van der Waals surface area (Å²) in [4.78, 5) is 17.4. The Morgan fingerprint density at radius 3 is 2.51 bits per heavy atom. The molecule has 3 aromatic carbocycles. The minimum atomic E-state index is -4.55. The molecule has 0 bridgehead atoms. The normalized spacial score (nSPS) is 16.0. The van der Waals surface area contributed by atoms with Crippen LogP contribution in [0.15, 0.2) is 76.7 Å². The van der Waals surface area contributed by atoms with Crippen LogP contribution in [0.2, 0.25) is 0 Å². The van der Waals surface area contributed by atoms with E-state index in [0.717, 1.165) is 23.2 Å². The van der Waals surface area contributed by atoms with Crippen LogP contribution in [0.25, 0.3) is 10.2 Å². The minimum absolute atomic E-state index is 0.159. The number of hydrogen-bond donors (Lipinski definition) is 1. The SMILES string of the molecule is CS(=O)(=O)c1ccc2nc(NC(=O)c3ccc(C4CC(C(F)(F)F)=NN4c4ccccc4CI)cc3)sc2c1. The van der Waals surface area contributed by atoms with Gasteiger partial charge in [-0.3, -0.25) is 15.1 Å². The molecule has 0 saturated heterocycles. The lowest BCUT2D eigenvalue weighted by molar-refractivity contribution is -0.0600. The monoisotopic (exact) mass is 684 g/mol. The number of rotatable bonds is 6. The molecule has 1 N–H and O–H groups in total. The second-order valence-electron chi connectivity index (χ2n) is 8.87. The third kappa shape index (κ3) is 5.79. The van der Waals surface area contributed by atoms with Crippen molar-refractivity contribution in [1.29, 1.82) is 0 Å². The molecule has 1 aromatic heterocycles. The standard InChI is InChI=1S/C26H20F3IN4O3S2/c1-39(36,37)18-10-11-19-22(12-18)38-25(31-19)32-24(35)16-8-6-15(7-9-16)21-13-23(26(27,28)29)33-34(21)20-5-3-2-4-17(20)14-30/h2-12,21H,13-14H2,1H3,(H,31,32,35). The average molecular weight is 685 g/mol. The molecule has 0 aliphatic carbocycles. The Kier molecular flexibility index (Phi) is 7.41. The maximum atomic E-state index is 13.6. The zero-order valence-electron chi connectivity index (χ0n) is 20.2. The fraction of sp³-hybridized carbons (Fsp3) is 0.192. The Bertz CT molecular complexity index is 1700. The van der Waals surface area contributed by atoms with E-state index in [2.05, 4.69) is 38.0 Å². The number of hydrogen-bond acceptors (Lipinski definition) is 7. The van der Waals surface area contributed by atoms with E-state index in [1.54, 1.807) is 42.5 Å². The number of aromatic nitrogens is 1. The number of nitrogens with one attached hydrogen (secondary N) is 1. The zero-order chi connectivity index (χ0) is 27.9. The molecular formula is C26H20F3IN4O3S2. The first-order valence-electron chi connectivity index (χ1n) is 11.5. The van der Waals surface area contributed by atoms with Crippen molar-refractivity contribution in [1.82, 2.24) is 4.98 Å². The number of carbonyl (C=O) groups excluding carboxylic acids is 1. The van der Waals surface area contributed by atoms with Gasteiger partial charge in [0, 0.05) is 22.7 Å². The van der Waals surface area contributed by atoms with Gasteiger partial charge in [0.05, 0.1) is 26.8 Å². The molecule has 7 nitrogen and oxygen atoms in total. The highest BCUT2D eigenvalue weighted by atomic mass is 127. The third-order valence-corrected chi connectivity index (χ3v) is 9.05. The first-order valence-corrected chi connectivity index (χ1v) is 15.8. The molecule has 39 heavy (non-hydrogen) atoms. The summed E-state index contributed by atoms with van der Waals surface area (Å²) in [5.41, 5.74) is 2.05. The molecule has 0 spiro atoms. The van der Waals surface area contributed by atoms with E-state index in [-0.39, 0.29) is 11.3 Å². The van der Waals surface area contributed by atoms with Crippen LogP contribution in [0.3, 0.4) is 0 Å². The van der Waals surface area contributed by atoms with E-state index in [0.29, 0.717) is 36.6 Å². The van der Waals surface area contributed by atoms with Crippen LogP contribution in [0.5, 0.6) is 0 Å². The van der Waals surface area contributed by atoms with Gasteiger partial charge in [-0.05, 0) is 47.5 Å². The molecule has 0 radical (unpaired) electrons. The van der Waals surface area contributed by atoms with Crippen LogP contribution in [0.4, 0.5) is 24.0 Å². The van der Waals surface area contributed by atoms with Crippen molar-refractivity contribution < 1.29 is 26.4 Å². The fourth-order valence-corrected chi connectivity index (χ4v) is 6.49. The first-order chi connectivity index (χ1) is 18.4. The molecule has 1 unspecified atom stereocenters. The van der Waals surface area contributed by atoms with Crippen LogP contribution < -0.4 is 10.3 Å². The van der Waals surface area contributed by atoms with Gasteiger partial charge in [0.2, 0.25) is 0 Å². The molecule has 1 atom stereocenters. The molecule has 5 rings (SSSR count). The van der Waals surface area contributed by atoms with Crippen LogP contribution in [0, 0.1) is 0 Å². The van der Waals surface area contributed by atoms with E-state index >= 15 is 0 Å². The second-order valence-corrected chi connectivity index (χ2v) is 12.7. The fourth-order valence-electron chi connectivity index (χ4n) is 4.23. The summed E-state index contributed by atoms with van der Waals surface area (Å²) in [6.07, 6.45) is -3.75. The van der Waals surface area contributed by atoms with E-state index in [1.165, 1.54) is 17.1 Å². The van der Waals surface area contributed by atoms with Crippen molar-refractivity contribution in [3.8, 4) is 0 Å². The maximum absolute atomic E-state index is 13.6. The third-order valence-electron chi connectivity index (χ3n) is 6.19. The van der Waals surface area contributed by atoms with Gasteiger partial charge in [-0.15, -0.1) is 0 Å². The molecule has 1 aliphatic heterocycles. The molecule has 0 saturated carbocycles. The van der Waals surface area contributed by atoms with Gasteiger partial charge in [-0.2, -0.15) is 18.3 Å². The number of alkyl halides is 4. The number of para-hydroxylation sites is 1. The van der Waals surface area contributed by atoms with E-state index in [1.807, 2.05) is 12.1 Å². The summed E-state index contributed by atoms with van der Waals surface area (Å²) >= 11 is 3.31. The number of thiazole rings is 1. The van der Waals surface area contributed by atoms with Crippen LogP contribution in [-0.2, 0) is 14.3 Å². The summed E-state index contributed by atoms with van der Waals surface area (Å²) in [6, 6.07) is 17.4. The van der Waals surface area contributed by atoms with Crippen LogP contribution >= 0.6 is 33.9 Å². The van der Waals surface area contributed by atoms with E-state index < -0.39 is 33.7 Å². The lowest BCUT2D eigenvalue weighted by Crippen LogP contribution is -2.21. The number of fused-ring (bicyclic) bond motifs is 1. The van der Waals surface area contributed by atoms with Gasteiger partial charge in [0.15, 0.2) is 15.0 Å². The second kappa shape index (κ2) is 10.5. The van der Waals surface area contributed by atoms with Crippen molar-refractivity contribution in [2.75, 3.05) is 16.6 Å². The lowest BCUT2D eigenvalue weighted by Gasteiger charge is -2.26. The summed E-state index contributed by atoms with van der Waals surface area (Å²) in [5, 5.41) is 8.37. The molecule has 4 aromatic rings. The molecule has 2 heterocycles. The first kappa shape index (κ1) is 27.5. The van der Waals surface area contributed by atoms with E-state index in [9.17, 15) is 26.4 Å². The highest BCUT2D eigenvalue weighted by Crippen LogP contribution is 2.41. The highest BCUT2D eigenvalue weighted by molar-refractivity contribution is 14.1. The Labute approximate surface area is 239 Å². The summed E-state index contributed by atoms with van der Waals surface area (Å²) in [7, 11) is -3.38. The number of hydrazone groups is 1. The largest absolute Gasteiger partial charge is 0.431 e. The maximum Gasteiger partial charge on any atom is 0.431 e. The number of halogens is 4. The predicted octanol–water partition coefficient (Wildman–Crippen LogP) is 6.76. The van der Waals surface area contributed by atoms with Gasteiger partial charge in [0.25, 0.3) is 5.91 Å². The highest BCUT2D eigenvalue weighted by Gasteiger charge is 2.44. The van der Waals surface area contributed by atoms with Crippen LogP contribution in [-0.4, -0.2) is 37.5 Å². The van der Waals surface area contributed by atoms with Crippen molar-refractivity contribution in [3.63, 3.8) is 0 Å². The van der Waals surface area contributed by atoms with Crippen LogP contribution in [0.1, 0.15) is 33.9 Å². The minimum Gasteiger partial charge on any atom is -0.298 e. The topological polar surface area (TPSA) is 91.7 Å². The molecule has 1 aliphatic rings. The number of sulfone groups is 1. The summed E-state index contributed by atoms with van der Waals surface area (Å²) in [6.45, 7) is 0. The molecule has 202 valence electrons. The number of amides is 1. The number of anilines is 2. The summed E-state index contributed by atoms with van der Waals surface area (Å²) in [5.74, 6) is -0.449. The van der Waals surface area contributed by atoms with Crippen molar-refractivity contribution in [2.45, 2.75) is 28.0 Å². The smallest absolute Gasteiger partial charge is 0.298 e. The van der Waals surface area contributed by atoms with Gasteiger partial charge in [-0.1, -0.05) is 64.3 Å². The van der Waals surface area contributed by atoms with Gasteiger partial charge in [-0.25, -0.2) is 13.4 Å².